The van der Waals surface area contributed by atoms with Crippen molar-refractivity contribution >= 4 is 27.5 Å². The van der Waals surface area contributed by atoms with E-state index in [0.717, 1.165) is 35.4 Å². The number of hydrogen-bond acceptors (Lipinski definition) is 2. The molecule has 0 N–H and O–H groups in total. The lowest BCUT2D eigenvalue weighted by molar-refractivity contribution is 0.185. The number of methoxy groups -OCH3 is 1. The molecule has 0 saturated carbocycles. The molecule has 2 rings (SSSR count). The van der Waals surface area contributed by atoms with E-state index in [9.17, 15) is 0 Å². The van der Waals surface area contributed by atoms with Gasteiger partial charge in [0.15, 0.2) is 0 Å². The average Bonchev–Trinajstić information content (AvgIpc) is 2.81. The van der Waals surface area contributed by atoms with Gasteiger partial charge in [-0.15, -0.1) is 11.6 Å². The minimum absolute atomic E-state index is 0.0463. The van der Waals surface area contributed by atoms with Gasteiger partial charge >= 0.3 is 0 Å². The first-order valence-corrected chi connectivity index (χ1v) is 6.50. The van der Waals surface area contributed by atoms with Crippen LogP contribution in [0.2, 0.25) is 0 Å². The highest BCUT2D eigenvalue weighted by Gasteiger charge is 2.27. The first-order chi connectivity index (χ1) is 7.72. The van der Waals surface area contributed by atoms with Crippen LogP contribution in [0, 0.1) is 5.92 Å². The largest absolute Gasteiger partial charge is 0.496 e. The molecule has 88 valence electrons. The standard InChI is InChI=1S/C12H14BrClO2/c1-15-11-3-2-9(13)6-10(11)12(14)8-4-5-16-7-8/h2-3,6,8,12H,4-5,7H2,1H3. The fourth-order valence-electron chi connectivity index (χ4n) is 1.96. The van der Waals surface area contributed by atoms with Gasteiger partial charge in [-0.05, 0) is 24.6 Å². The summed E-state index contributed by atoms with van der Waals surface area (Å²) in [5.41, 5.74) is 1.04. The summed E-state index contributed by atoms with van der Waals surface area (Å²) in [5, 5.41) is -0.0463. The van der Waals surface area contributed by atoms with Gasteiger partial charge < -0.3 is 9.47 Å². The third-order valence-corrected chi connectivity index (χ3v) is 3.95. The van der Waals surface area contributed by atoms with Gasteiger partial charge in [-0.2, -0.15) is 0 Å². The second kappa shape index (κ2) is 5.39. The van der Waals surface area contributed by atoms with Crippen LogP contribution in [0.5, 0.6) is 5.75 Å². The van der Waals surface area contributed by atoms with Crippen LogP contribution in [0.1, 0.15) is 17.4 Å². The van der Waals surface area contributed by atoms with Crippen LogP contribution in [0.25, 0.3) is 0 Å². The molecule has 1 fully saturated rings. The van der Waals surface area contributed by atoms with Crippen molar-refractivity contribution in [3.63, 3.8) is 0 Å². The summed E-state index contributed by atoms with van der Waals surface area (Å²) in [4.78, 5) is 0. The molecule has 0 radical (unpaired) electrons. The van der Waals surface area contributed by atoms with Crippen molar-refractivity contribution in [1.29, 1.82) is 0 Å². The first kappa shape index (κ1) is 12.2. The second-order valence-corrected chi connectivity index (χ2v) is 5.30. The van der Waals surface area contributed by atoms with Gasteiger partial charge in [0.2, 0.25) is 0 Å². The smallest absolute Gasteiger partial charge is 0.123 e. The molecule has 4 heteroatoms. The summed E-state index contributed by atoms with van der Waals surface area (Å²) >= 11 is 9.94. The Morgan fingerprint density at radius 3 is 3.00 bits per heavy atom. The monoisotopic (exact) mass is 304 g/mol. The van der Waals surface area contributed by atoms with E-state index in [-0.39, 0.29) is 5.38 Å². The zero-order valence-corrected chi connectivity index (χ0v) is 11.4. The van der Waals surface area contributed by atoms with Crippen molar-refractivity contribution in [3.05, 3.63) is 28.2 Å². The van der Waals surface area contributed by atoms with E-state index < -0.39 is 0 Å². The minimum Gasteiger partial charge on any atom is -0.496 e. The van der Waals surface area contributed by atoms with Crippen LogP contribution in [-0.2, 0) is 4.74 Å². The molecule has 1 aromatic rings. The van der Waals surface area contributed by atoms with E-state index in [0.29, 0.717) is 5.92 Å². The summed E-state index contributed by atoms with van der Waals surface area (Å²) in [5.74, 6) is 1.22. The van der Waals surface area contributed by atoms with Crippen LogP contribution >= 0.6 is 27.5 Å². The lowest BCUT2D eigenvalue weighted by Crippen LogP contribution is -2.09. The molecule has 0 bridgehead atoms. The number of benzene rings is 1. The van der Waals surface area contributed by atoms with Gasteiger partial charge in [0.05, 0.1) is 19.1 Å². The van der Waals surface area contributed by atoms with Gasteiger partial charge in [-0.25, -0.2) is 0 Å². The number of alkyl halides is 1. The highest BCUT2D eigenvalue weighted by molar-refractivity contribution is 9.10. The highest BCUT2D eigenvalue weighted by Crippen LogP contribution is 2.39. The highest BCUT2D eigenvalue weighted by atomic mass is 79.9. The lowest BCUT2D eigenvalue weighted by Gasteiger charge is -2.18. The number of hydrogen-bond donors (Lipinski definition) is 0. The zero-order chi connectivity index (χ0) is 11.5. The summed E-state index contributed by atoms with van der Waals surface area (Å²) in [6.07, 6.45) is 1.02. The normalized spacial score (nSPS) is 22.1. The first-order valence-electron chi connectivity index (χ1n) is 5.27. The van der Waals surface area contributed by atoms with E-state index in [1.54, 1.807) is 7.11 Å². The Morgan fingerprint density at radius 1 is 1.56 bits per heavy atom. The molecule has 0 aromatic heterocycles. The van der Waals surface area contributed by atoms with E-state index in [4.69, 9.17) is 21.1 Å². The summed E-state index contributed by atoms with van der Waals surface area (Å²) < 4.78 is 11.7. The van der Waals surface area contributed by atoms with E-state index in [2.05, 4.69) is 15.9 Å². The Bertz CT molecular complexity index is 364. The van der Waals surface area contributed by atoms with Crippen molar-refractivity contribution in [2.45, 2.75) is 11.8 Å². The van der Waals surface area contributed by atoms with Crippen LogP contribution in [-0.4, -0.2) is 20.3 Å². The molecule has 1 saturated heterocycles. The van der Waals surface area contributed by atoms with E-state index in [1.165, 1.54) is 0 Å². The predicted molar refractivity (Wildman–Crippen MR) is 68.2 cm³/mol. The molecule has 16 heavy (non-hydrogen) atoms. The van der Waals surface area contributed by atoms with Gasteiger partial charge in [-0.3, -0.25) is 0 Å². The number of ether oxygens (including phenoxy) is 2. The van der Waals surface area contributed by atoms with Gasteiger partial charge in [0, 0.05) is 22.6 Å². The Hall–Kier alpha value is -0.250. The Morgan fingerprint density at radius 2 is 2.38 bits per heavy atom. The minimum atomic E-state index is -0.0463. The summed E-state index contributed by atoms with van der Waals surface area (Å²) in [7, 11) is 1.67. The van der Waals surface area contributed by atoms with Crippen LogP contribution in [0.15, 0.2) is 22.7 Å². The molecule has 0 aliphatic carbocycles. The number of rotatable bonds is 3. The molecular weight excluding hydrogens is 291 g/mol. The van der Waals surface area contributed by atoms with Gasteiger partial charge in [-0.1, -0.05) is 15.9 Å². The van der Waals surface area contributed by atoms with E-state index >= 15 is 0 Å². The molecule has 2 nitrogen and oxygen atoms in total. The maximum Gasteiger partial charge on any atom is 0.123 e. The fraction of sp³-hybridized carbons (Fsp3) is 0.500. The Labute approximate surface area is 109 Å². The summed E-state index contributed by atoms with van der Waals surface area (Å²) in [6, 6.07) is 5.91. The predicted octanol–water partition coefficient (Wildman–Crippen LogP) is 3.77. The van der Waals surface area contributed by atoms with Crippen molar-refractivity contribution in [2.24, 2.45) is 5.92 Å². The number of halogens is 2. The second-order valence-electron chi connectivity index (χ2n) is 3.91. The maximum atomic E-state index is 6.49. The molecule has 2 atom stereocenters. The van der Waals surface area contributed by atoms with Gasteiger partial charge in [0.1, 0.15) is 5.75 Å². The van der Waals surface area contributed by atoms with Crippen molar-refractivity contribution in [2.75, 3.05) is 20.3 Å². The lowest BCUT2D eigenvalue weighted by atomic mass is 9.97. The molecule has 0 amide bonds. The molecule has 0 spiro atoms. The molecule has 1 aliphatic rings. The third kappa shape index (κ3) is 2.53. The quantitative estimate of drug-likeness (QED) is 0.791. The summed E-state index contributed by atoms with van der Waals surface area (Å²) in [6.45, 7) is 1.55. The SMILES string of the molecule is COc1ccc(Br)cc1C(Cl)C1CCOC1. The van der Waals surface area contributed by atoms with Gasteiger partial charge in [0.25, 0.3) is 0 Å². The molecule has 1 heterocycles. The fourth-order valence-corrected chi connectivity index (χ4v) is 2.71. The van der Waals surface area contributed by atoms with Crippen molar-refractivity contribution in [1.82, 2.24) is 0 Å². The Balaban J connectivity index is 2.26. The maximum absolute atomic E-state index is 6.49. The molecule has 2 unspecified atom stereocenters. The van der Waals surface area contributed by atoms with E-state index in [1.807, 2.05) is 18.2 Å². The Kier molecular flexibility index (Phi) is 4.11. The molecular formula is C12H14BrClO2. The van der Waals surface area contributed by atoms with Crippen LogP contribution in [0.3, 0.4) is 0 Å². The van der Waals surface area contributed by atoms with Crippen molar-refractivity contribution in [3.8, 4) is 5.75 Å². The van der Waals surface area contributed by atoms with Crippen LogP contribution in [0.4, 0.5) is 0 Å². The zero-order valence-electron chi connectivity index (χ0n) is 9.08. The van der Waals surface area contributed by atoms with Crippen LogP contribution < -0.4 is 4.74 Å². The molecule has 1 aliphatic heterocycles. The molecule has 1 aromatic carbocycles. The average molecular weight is 306 g/mol. The third-order valence-electron chi connectivity index (χ3n) is 2.87. The van der Waals surface area contributed by atoms with Crippen molar-refractivity contribution < 1.29 is 9.47 Å². The topological polar surface area (TPSA) is 18.5 Å².